The number of rotatable bonds is 6. The molecule has 12 heteroatoms. The third kappa shape index (κ3) is 4.08. The molecule has 0 spiro atoms. The first kappa shape index (κ1) is 22.8. The number of nitrogens with two attached hydrogens (primary N) is 2. The van der Waals surface area contributed by atoms with E-state index in [0.717, 1.165) is 19.3 Å². The molecule has 2 aliphatic rings. The van der Waals surface area contributed by atoms with Crippen LogP contribution in [0.15, 0.2) is 36.4 Å². The fourth-order valence-corrected chi connectivity index (χ4v) is 5.37. The number of carbonyl (C=O) groups excluding carboxylic acids is 4. The highest BCUT2D eigenvalue weighted by Crippen LogP contribution is 2.43. The van der Waals surface area contributed by atoms with Crippen LogP contribution in [0.3, 0.4) is 0 Å². The summed E-state index contributed by atoms with van der Waals surface area (Å²) < 4.78 is 1.36. The molecule has 5 rings (SSSR count). The Labute approximate surface area is 204 Å². The molecule has 35 heavy (non-hydrogen) atoms. The molecule has 180 valence electrons. The number of piperidine rings is 1. The van der Waals surface area contributed by atoms with Crippen molar-refractivity contribution in [2.45, 2.75) is 37.9 Å². The lowest BCUT2D eigenvalue weighted by Gasteiger charge is -2.34. The van der Waals surface area contributed by atoms with Crippen molar-refractivity contribution >= 4 is 52.0 Å². The Morgan fingerprint density at radius 1 is 1.09 bits per heavy atom. The number of fused-ring (bicyclic) bond motifs is 3. The molecule has 1 aliphatic heterocycles. The van der Waals surface area contributed by atoms with E-state index in [1.165, 1.54) is 16.8 Å². The lowest BCUT2D eigenvalue weighted by molar-refractivity contribution is -0.141. The van der Waals surface area contributed by atoms with Gasteiger partial charge >= 0.3 is 0 Å². The summed E-state index contributed by atoms with van der Waals surface area (Å²) in [5.41, 5.74) is 11.4. The number of pyridine rings is 1. The Bertz CT molecular complexity index is 1390. The quantitative estimate of drug-likeness (QED) is 0.436. The molecule has 2 bridgehead atoms. The van der Waals surface area contributed by atoms with Crippen LogP contribution in [0.5, 0.6) is 0 Å². The van der Waals surface area contributed by atoms with E-state index in [1.54, 1.807) is 29.2 Å². The van der Waals surface area contributed by atoms with Gasteiger partial charge in [-0.1, -0.05) is 17.7 Å². The van der Waals surface area contributed by atoms with Gasteiger partial charge in [-0.05, 0) is 55.5 Å². The molecular weight excluding hydrogens is 474 g/mol. The van der Waals surface area contributed by atoms with Crippen molar-refractivity contribution in [3.8, 4) is 0 Å². The van der Waals surface area contributed by atoms with Crippen LogP contribution in [0.1, 0.15) is 40.1 Å². The number of amides is 4. The number of nitrogens with one attached hydrogen (secondary N) is 1. The molecule has 3 atom stereocenters. The largest absolute Gasteiger partial charge is 0.366 e. The molecule has 1 saturated carbocycles. The molecule has 5 N–H and O–H groups in total. The molecular formula is C23H22ClN7O4. The van der Waals surface area contributed by atoms with Crippen LogP contribution in [-0.2, 0) is 16.1 Å². The second kappa shape index (κ2) is 8.66. The summed E-state index contributed by atoms with van der Waals surface area (Å²) in [6.45, 7) is -0.206. The SMILES string of the molecule is NC(=O)c1ccc2c(c1)c(C(N)=O)nn2CC(=O)N1[C@@H]2CC[C@@H](C2)[C@H]1C(=O)Nc1cccc(Cl)n1. The minimum atomic E-state index is -0.797. The van der Waals surface area contributed by atoms with Gasteiger partial charge in [0, 0.05) is 17.0 Å². The Balaban J connectivity index is 1.43. The third-order valence-electron chi connectivity index (χ3n) is 6.66. The molecule has 2 fully saturated rings. The van der Waals surface area contributed by atoms with E-state index in [1.807, 2.05) is 0 Å². The molecule has 4 amide bonds. The number of halogens is 1. The summed E-state index contributed by atoms with van der Waals surface area (Å²) in [5.74, 6) is -1.74. The summed E-state index contributed by atoms with van der Waals surface area (Å²) in [7, 11) is 0. The molecule has 0 unspecified atom stereocenters. The van der Waals surface area contributed by atoms with Crippen molar-refractivity contribution in [3.63, 3.8) is 0 Å². The molecule has 2 aromatic heterocycles. The van der Waals surface area contributed by atoms with E-state index in [4.69, 9.17) is 23.1 Å². The lowest BCUT2D eigenvalue weighted by atomic mass is 9.97. The van der Waals surface area contributed by atoms with Gasteiger partial charge in [-0.25, -0.2) is 4.98 Å². The van der Waals surface area contributed by atoms with Gasteiger partial charge in [0.15, 0.2) is 5.69 Å². The zero-order chi connectivity index (χ0) is 24.9. The highest BCUT2D eigenvalue weighted by Gasteiger charge is 2.51. The van der Waals surface area contributed by atoms with Gasteiger partial charge < -0.3 is 21.7 Å². The molecule has 1 aliphatic carbocycles. The molecule has 11 nitrogen and oxygen atoms in total. The van der Waals surface area contributed by atoms with Crippen molar-refractivity contribution in [2.24, 2.45) is 17.4 Å². The van der Waals surface area contributed by atoms with Crippen LogP contribution in [0.4, 0.5) is 5.82 Å². The van der Waals surface area contributed by atoms with Crippen LogP contribution in [-0.4, -0.2) is 55.4 Å². The Hall–Kier alpha value is -3.99. The number of hydrogen-bond donors (Lipinski definition) is 3. The van der Waals surface area contributed by atoms with Gasteiger partial charge in [0.2, 0.25) is 17.7 Å². The molecule has 0 radical (unpaired) electrons. The van der Waals surface area contributed by atoms with Crippen molar-refractivity contribution in [1.82, 2.24) is 19.7 Å². The highest BCUT2D eigenvalue weighted by molar-refractivity contribution is 6.29. The molecule has 1 saturated heterocycles. The van der Waals surface area contributed by atoms with E-state index >= 15 is 0 Å². The number of benzene rings is 1. The zero-order valence-corrected chi connectivity index (χ0v) is 19.2. The summed E-state index contributed by atoms with van der Waals surface area (Å²) in [6.07, 6.45) is 2.40. The fraction of sp³-hybridized carbons (Fsp3) is 0.304. The van der Waals surface area contributed by atoms with E-state index in [0.29, 0.717) is 16.7 Å². The topological polar surface area (TPSA) is 166 Å². The standard InChI is InChI=1S/C23H22ClN7O4/c24-16-2-1-3-17(27-16)28-23(35)20-11-4-6-13(8-11)31(20)18(32)10-30-15-7-5-12(21(25)33)9-14(15)19(29-30)22(26)34/h1-3,5,7,9,11,13,20H,4,6,8,10H2,(H2,25,33)(H2,26,34)(H,27,28,35)/t11-,13+,20-/m0/s1. The van der Waals surface area contributed by atoms with E-state index in [2.05, 4.69) is 15.4 Å². The molecule has 1 aromatic carbocycles. The first-order valence-electron chi connectivity index (χ1n) is 11.1. The average molecular weight is 496 g/mol. The Morgan fingerprint density at radius 2 is 1.89 bits per heavy atom. The van der Waals surface area contributed by atoms with Gasteiger partial charge in [0.25, 0.3) is 5.91 Å². The third-order valence-corrected chi connectivity index (χ3v) is 6.87. The Kier molecular flexibility index (Phi) is 5.64. The number of carbonyl (C=O) groups is 4. The van der Waals surface area contributed by atoms with Gasteiger partial charge in [-0.15, -0.1) is 0 Å². The second-order valence-corrected chi connectivity index (χ2v) is 9.16. The maximum atomic E-state index is 13.5. The summed E-state index contributed by atoms with van der Waals surface area (Å²) in [5, 5.41) is 7.57. The van der Waals surface area contributed by atoms with Crippen LogP contribution in [0, 0.1) is 5.92 Å². The highest BCUT2D eigenvalue weighted by atomic mass is 35.5. The predicted molar refractivity (Wildman–Crippen MR) is 126 cm³/mol. The minimum absolute atomic E-state index is 0.0387. The molecule has 3 heterocycles. The summed E-state index contributed by atoms with van der Waals surface area (Å²) in [4.78, 5) is 55.9. The lowest BCUT2D eigenvalue weighted by Crippen LogP contribution is -2.52. The number of hydrogen-bond acceptors (Lipinski definition) is 6. The zero-order valence-electron chi connectivity index (χ0n) is 18.5. The van der Waals surface area contributed by atoms with Crippen LogP contribution in [0.25, 0.3) is 10.9 Å². The molecule has 3 aromatic rings. The van der Waals surface area contributed by atoms with Crippen LogP contribution in [0.2, 0.25) is 5.15 Å². The van der Waals surface area contributed by atoms with Crippen molar-refractivity contribution in [2.75, 3.05) is 5.32 Å². The van der Waals surface area contributed by atoms with Crippen molar-refractivity contribution in [3.05, 3.63) is 52.8 Å². The van der Waals surface area contributed by atoms with Crippen LogP contribution >= 0.6 is 11.6 Å². The first-order chi connectivity index (χ1) is 16.7. The fourth-order valence-electron chi connectivity index (χ4n) is 5.21. The van der Waals surface area contributed by atoms with E-state index in [-0.39, 0.29) is 46.7 Å². The predicted octanol–water partition coefficient (Wildman–Crippen LogP) is 1.30. The maximum Gasteiger partial charge on any atom is 0.269 e. The number of aromatic nitrogens is 3. The van der Waals surface area contributed by atoms with Crippen LogP contribution < -0.4 is 16.8 Å². The van der Waals surface area contributed by atoms with Crippen molar-refractivity contribution < 1.29 is 19.2 Å². The average Bonchev–Trinajstić information content (AvgIpc) is 3.52. The smallest absolute Gasteiger partial charge is 0.269 e. The Morgan fingerprint density at radius 3 is 2.60 bits per heavy atom. The summed E-state index contributed by atoms with van der Waals surface area (Å²) >= 11 is 5.92. The van der Waals surface area contributed by atoms with Gasteiger partial charge in [0.1, 0.15) is 23.6 Å². The number of nitrogens with zero attached hydrogens (tertiary/aromatic N) is 4. The second-order valence-electron chi connectivity index (χ2n) is 8.77. The van der Waals surface area contributed by atoms with E-state index in [9.17, 15) is 19.2 Å². The van der Waals surface area contributed by atoms with Gasteiger partial charge in [0.05, 0.1) is 5.52 Å². The number of primary amides is 2. The monoisotopic (exact) mass is 495 g/mol. The first-order valence-corrected chi connectivity index (χ1v) is 11.5. The van der Waals surface area contributed by atoms with Crippen molar-refractivity contribution in [1.29, 1.82) is 0 Å². The minimum Gasteiger partial charge on any atom is -0.366 e. The summed E-state index contributed by atoms with van der Waals surface area (Å²) in [6, 6.07) is 8.68. The van der Waals surface area contributed by atoms with E-state index < -0.39 is 17.9 Å². The normalized spacial score (nSPS) is 20.8. The maximum absolute atomic E-state index is 13.5. The van der Waals surface area contributed by atoms with Gasteiger partial charge in [-0.3, -0.25) is 23.9 Å². The number of likely N-dealkylation sites (tertiary alicyclic amines) is 1. The number of anilines is 1. The van der Waals surface area contributed by atoms with Gasteiger partial charge in [-0.2, -0.15) is 5.10 Å².